The van der Waals surface area contributed by atoms with E-state index >= 15 is 0 Å². The van der Waals surface area contributed by atoms with Crippen molar-refractivity contribution in [1.29, 1.82) is 0 Å². The zero-order valence-electron chi connectivity index (χ0n) is 16.9. The van der Waals surface area contributed by atoms with Gasteiger partial charge in [-0.2, -0.15) is 13.2 Å². The quantitative estimate of drug-likeness (QED) is 0.716. The number of rotatable bonds is 4. The van der Waals surface area contributed by atoms with Gasteiger partial charge in [-0.15, -0.1) is 0 Å². The van der Waals surface area contributed by atoms with Crippen LogP contribution in [0, 0.1) is 11.3 Å². The normalized spacial score (nSPS) is 29.0. The summed E-state index contributed by atoms with van der Waals surface area (Å²) in [6.07, 6.45) is -4.36. The number of hydrogen-bond acceptors (Lipinski definition) is 3. The van der Waals surface area contributed by atoms with Crippen molar-refractivity contribution in [2.75, 3.05) is 13.2 Å². The predicted octanol–water partition coefficient (Wildman–Crippen LogP) is 5.01. The molecule has 31 heavy (non-hydrogen) atoms. The lowest BCUT2D eigenvalue weighted by Gasteiger charge is -2.61. The van der Waals surface area contributed by atoms with Gasteiger partial charge in [0.25, 0.3) is 0 Å². The average Bonchev–Trinajstić information content (AvgIpc) is 3.00. The molecule has 1 amide bonds. The third-order valence-corrected chi connectivity index (χ3v) is 7.18. The highest BCUT2D eigenvalue weighted by atomic mass is 19.4. The van der Waals surface area contributed by atoms with Gasteiger partial charge >= 0.3 is 12.3 Å². The number of carbonyl (C=O) groups excluding carboxylic acids is 1. The largest absolute Gasteiger partial charge is 0.449 e. The van der Waals surface area contributed by atoms with E-state index in [1.54, 1.807) is 0 Å². The fraction of sp³-hybridized carbons (Fsp3) is 0.458. The molecule has 0 aromatic heterocycles. The molecule has 0 aliphatic heterocycles. The van der Waals surface area contributed by atoms with E-state index in [-0.39, 0.29) is 31.3 Å². The van der Waals surface area contributed by atoms with Crippen LogP contribution in [0.2, 0.25) is 0 Å². The minimum absolute atomic E-state index is 0.0138. The number of alkyl carbamates (subject to hydrolysis) is 1. The molecule has 164 valence electrons. The fourth-order valence-electron chi connectivity index (χ4n) is 5.86. The van der Waals surface area contributed by atoms with Crippen molar-refractivity contribution in [3.63, 3.8) is 0 Å². The Morgan fingerprint density at radius 2 is 1.58 bits per heavy atom. The molecular weight excluding hydrogens is 407 g/mol. The number of nitrogens with one attached hydrogen (secondary N) is 1. The summed E-state index contributed by atoms with van der Waals surface area (Å²) in [4.78, 5) is 12.2. The third-order valence-electron chi connectivity index (χ3n) is 7.18. The molecule has 0 bridgehead atoms. The first-order valence-electron chi connectivity index (χ1n) is 10.6. The lowest BCUT2D eigenvalue weighted by Crippen LogP contribution is -2.65. The number of amides is 1. The van der Waals surface area contributed by atoms with Crippen LogP contribution < -0.4 is 5.32 Å². The van der Waals surface area contributed by atoms with Gasteiger partial charge in [-0.1, -0.05) is 48.5 Å². The Morgan fingerprint density at radius 1 is 1.03 bits per heavy atom. The summed E-state index contributed by atoms with van der Waals surface area (Å²) < 4.78 is 43.9. The van der Waals surface area contributed by atoms with E-state index in [1.165, 1.54) is 0 Å². The zero-order chi connectivity index (χ0) is 21.9. The molecule has 7 heteroatoms. The minimum Gasteiger partial charge on any atom is -0.449 e. The van der Waals surface area contributed by atoms with Gasteiger partial charge in [0.05, 0.1) is 0 Å². The number of benzene rings is 2. The van der Waals surface area contributed by atoms with E-state index in [9.17, 15) is 23.1 Å². The smallest absolute Gasteiger partial charge is 0.417 e. The Labute approximate surface area is 178 Å². The van der Waals surface area contributed by atoms with Crippen molar-refractivity contribution in [2.45, 2.75) is 43.4 Å². The standard InChI is InChI=1S/C24H24F3NO3/c25-24(26,27)23(30)13-22(14-23)9-15(10-22)11-28-21(29)31-12-20-18-7-3-1-5-16(18)17-6-2-4-8-19(17)20/h1-8,15,20,30H,9-14H2,(H,28,29). The van der Waals surface area contributed by atoms with Crippen LogP contribution >= 0.6 is 0 Å². The number of alkyl halides is 3. The summed E-state index contributed by atoms with van der Waals surface area (Å²) >= 11 is 0. The highest BCUT2D eigenvalue weighted by Crippen LogP contribution is 2.66. The number of halogens is 3. The number of hydrogen-bond donors (Lipinski definition) is 2. The molecule has 0 saturated heterocycles. The van der Waals surface area contributed by atoms with Crippen LogP contribution in [0.1, 0.15) is 42.7 Å². The van der Waals surface area contributed by atoms with Crippen LogP contribution in [-0.4, -0.2) is 36.1 Å². The van der Waals surface area contributed by atoms with Gasteiger partial charge in [0.2, 0.25) is 0 Å². The van der Waals surface area contributed by atoms with Gasteiger partial charge in [-0.25, -0.2) is 4.79 Å². The van der Waals surface area contributed by atoms with E-state index in [2.05, 4.69) is 29.6 Å². The second-order valence-corrected chi connectivity index (χ2v) is 9.36. The number of aliphatic hydroxyl groups is 1. The van der Waals surface area contributed by atoms with E-state index in [1.807, 2.05) is 24.3 Å². The van der Waals surface area contributed by atoms with Crippen molar-refractivity contribution in [1.82, 2.24) is 5.32 Å². The second kappa shape index (κ2) is 6.99. The van der Waals surface area contributed by atoms with Gasteiger partial charge in [0, 0.05) is 12.5 Å². The lowest BCUT2D eigenvalue weighted by atomic mass is 9.46. The second-order valence-electron chi connectivity index (χ2n) is 9.36. The molecule has 2 saturated carbocycles. The maximum Gasteiger partial charge on any atom is 0.417 e. The molecule has 3 aliphatic rings. The predicted molar refractivity (Wildman–Crippen MR) is 108 cm³/mol. The van der Waals surface area contributed by atoms with Crippen molar-refractivity contribution in [3.05, 3.63) is 59.7 Å². The van der Waals surface area contributed by atoms with Gasteiger partial charge in [0.1, 0.15) is 6.61 Å². The van der Waals surface area contributed by atoms with Crippen LogP contribution in [0.15, 0.2) is 48.5 Å². The van der Waals surface area contributed by atoms with Gasteiger partial charge in [-0.3, -0.25) is 0 Å². The SMILES string of the molecule is O=C(NCC1CC2(C1)CC(O)(C(F)(F)F)C2)OCC1c2ccccc2-c2ccccc21. The first kappa shape index (κ1) is 20.4. The number of fused-ring (bicyclic) bond motifs is 3. The molecule has 2 aromatic rings. The monoisotopic (exact) mass is 431 g/mol. The van der Waals surface area contributed by atoms with Gasteiger partial charge in [0.15, 0.2) is 5.60 Å². The summed E-state index contributed by atoms with van der Waals surface area (Å²) in [5.74, 6) is 0.110. The van der Waals surface area contributed by atoms with Crippen molar-refractivity contribution in [3.8, 4) is 11.1 Å². The number of carbonyl (C=O) groups is 1. The fourth-order valence-corrected chi connectivity index (χ4v) is 5.86. The molecule has 0 unspecified atom stereocenters. The molecule has 2 fully saturated rings. The highest BCUT2D eigenvalue weighted by Gasteiger charge is 2.69. The first-order valence-corrected chi connectivity index (χ1v) is 10.6. The Hall–Kier alpha value is -2.54. The summed E-state index contributed by atoms with van der Waals surface area (Å²) in [7, 11) is 0. The molecule has 5 rings (SSSR count). The van der Waals surface area contributed by atoms with Crippen LogP contribution in [0.25, 0.3) is 11.1 Å². The molecule has 0 atom stereocenters. The van der Waals surface area contributed by atoms with Gasteiger partial charge in [-0.05, 0) is 59.3 Å². The summed E-state index contributed by atoms with van der Waals surface area (Å²) in [5, 5.41) is 12.4. The Balaban J connectivity index is 1.10. The maximum absolute atomic E-state index is 12.8. The molecule has 0 heterocycles. The van der Waals surface area contributed by atoms with E-state index in [0.29, 0.717) is 19.4 Å². The van der Waals surface area contributed by atoms with Crippen LogP contribution in [-0.2, 0) is 4.74 Å². The zero-order valence-corrected chi connectivity index (χ0v) is 16.9. The average molecular weight is 431 g/mol. The molecule has 3 aliphatic carbocycles. The highest BCUT2D eigenvalue weighted by molar-refractivity contribution is 5.79. The Morgan fingerprint density at radius 3 is 2.13 bits per heavy atom. The molecule has 0 radical (unpaired) electrons. The summed E-state index contributed by atoms with van der Waals surface area (Å²) in [6.45, 7) is 0.607. The molecule has 2 N–H and O–H groups in total. The van der Waals surface area contributed by atoms with E-state index < -0.39 is 23.3 Å². The van der Waals surface area contributed by atoms with E-state index in [0.717, 1.165) is 22.3 Å². The Kier molecular flexibility index (Phi) is 4.59. The maximum atomic E-state index is 12.8. The summed E-state index contributed by atoms with van der Waals surface area (Å²) in [6, 6.07) is 16.2. The Bertz CT molecular complexity index is 960. The molecule has 1 spiro atoms. The molecule has 2 aromatic carbocycles. The summed E-state index contributed by atoms with van der Waals surface area (Å²) in [5.41, 5.74) is 1.65. The molecule has 4 nitrogen and oxygen atoms in total. The first-order chi connectivity index (χ1) is 14.7. The molecular formula is C24H24F3NO3. The van der Waals surface area contributed by atoms with Crippen molar-refractivity contribution in [2.24, 2.45) is 11.3 Å². The van der Waals surface area contributed by atoms with Crippen LogP contribution in [0.5, 0.6) is 0 Å². The van der Waals surface area contributed by atoms with Crippen molar-refractivity contribution < 1.29 is 27.8 Å². The van der Waals surface area contributed by atoms with E-state index in [4.69, 9.17) is 4.74 Å². The number of ether oxygens (including phenoxy) is 1. The lowest BCUT2D eigenvalue weighted by molar-refractivity contribution is -0.330. The van der Waals surface area contributed by atoms with Gasteiger partial charge < -0.3 is 15.2 Å². The van der Waals surface area contributed by atoms with Crippen molar-refractivity contribution >= 4 is 6.09 Å². The van der Waals surface area contributed by atoms with Crippen LogP contribution in [0.4, 0.5) is 18.0 Å². The minimum atomic E-state index is -4.57. The van der Waals surface area contributed by atoms with Crippen LogP contribution in [0.3, 0.4) is 0 Å². The third kappa shape index (κ3) is 3.39. The topological polar surface area (TPSA) is 58.6 Å².